The van der Waals surface area contributed by atoms with Crippen LogP contribution in [0.5, 0.6) is 5.75 Å². The molecule has 0 saturated carbocycles. The van der Waals surface area contributed by atoms with E-state index in [4.69, 9.17) is 19.7 Å². The minimum absolute atomic E-state index is 0.0386. The van der Waals surface area contributed by atoms with E-state index >= 15 is 0 Å². The summed E-state index contributed by atoms with van der Waals surface area (Å²) < 4.78 is 9.05. The summed E-state index contributed by atoms with van der Waals surface area (Å²) in [6.45, 7) is 3.52. The molecule has 0 unspecified atom stereocenters. The Morgan fingerprint density at radius 1 is 0.857 bits per heavy atom. The molecule has 7 heteroatoms. The van der Waals surface area contributed by atoms with Crippen molar-refractivity contribution in [1.82, 2.24) is 24.1 Å². The minimum atomic E-state index is -0.0386. The van der Waals surface area contributed by atoms with Crippen LogP contribution in [-0.2, 0) is 19.5 Å². The smallest absolute Gasteiger partial charge is 0.265 e. The second kappa shape index (κ2) is 10.3. The molecule has 5 rings (SSSR count). The first-order valence-electron chi connectivity index (χ1n) is 12.5. The Morgan fingerprint density at radius 3 is 2.34 bits per heavy atom. The highest BCUT2D eigenvalue weighted by atomic mass is 16.5. The van der Waals surface area contributed by atoms with Gasteiger partial charge in [0, 0.05) is 13.1 Å². The van der Waals surface area contributed by atoms with Crippen molar-refractivity contribution in [2.75, 3.05) is 7.11 Å². The molecule has 0 atom stereocenters. The van der Waals surface area contributed by atoms with Crippen molar-refractivity contribution in [3.05, 3.63) is 70.8 Å². The molecule has 0 aliphatic rings. The molecule has 0 bridgehead atoms. The number of benzene rings is 2. The Kier molecular flexibility index (Phi) is 6.75. The third kappa shape index (κ3) is 4.63. The molecule has 7 nitrogen and oxygen atoms in total. The van der Waals surface area contributed by atoms with Crippen LogP contribution in [0, 0.1) is 0 Å². The first-order valence-corrected chi connectivity index (χ1v) is 12.5. The number of hydrogen-bond donors (Lipinski definition) is 0. The van der Waals surface area contributed by atoms with Gasteiger partial charge in [-0.1, -0.05) is 56.9 Å². The van der Waals surface area contributed by atoms with Crippen LogP contribution < -0.4 is 10.3 Å². The largest absolute Gasteiger partial charge is 0.497 e. The summed E-state index contributed by atoms with van der Waals surface area (Å²) in [6, 6.07) is 15.8. The van der Waals surface area contributed by atoms with Gasteiger partial charge in [0.05, 0.1) is 24.5 Å². The summed E-state index contributed by atoms with van der Waals surface area (Å²) in [4.78, 5) is 28.1. The molecule has 0 saturated heterocycles. The average Bonchev–Trinajstić information content (AvgIpc) is 3.20. The van der Waals surface area contributed by atoms with Crippen molar-refractivity contribution < 1.29 is 4.74 Å². The van der Waals surface area contributed by atoms with Crippen LogP contribution in [0.25, 0.3) is 33.2 Å². The number of methoxy groups -OCH3 is 1. The van der Waals surface area contributed by atoms with Gasteiger partial charge in [-0.15, -0.1) is 0 Å². The fraction of sp³-hybridized carbons (Fsp3) is 0.357. The molecule has 35 heavy (non-hydrogen) atoms. The second-order valence-corrected chi connectivity index (χ2v) is 8.99. The van der Waals surface area contributed by atoms with Gasteiger partial charge in [0.2, 0.25) is 0 Å². The van der Waals surface area contributed by atoms with Gasteiger partial charge < -0.3 is 9.30 Å². The lowest BCUT2D eigenvalue weighted by Gasteiger charge is -2.08. The molecule has 2 aromatic carbocycles. The van der Waals surface area contributed by atoms with E-state index in [1.54, 1.807) is 18.0 Å². The summed E-state index contributed by atoms with van der Waals surface area (Å²) in [5.74, 6) is 0.833. The van der Waals surface area contributed by atoms with Crippen LogP contribution in [0.2, 0.25) is 0 Å². The highest BCUT2D eigenvalue weighted by molar-refractivity contribution is 6.04. The number of hydrogen-bond acceptors (Lipinski definition) is 5. The minimum Gasteiger partial charge on any atom is -0.497 e. The fourth-order valence-corrected chi connectivity index (χ4v) is 4.63. The number of rotatable bonds is 10. The van der Waals surface area contributed by atoms with Crippen LogP contribution in [0.15, 0.2) is 59.7 Å². The van der Waals surface area contributed by atoms with E-state index in [0.29, 0.717) is 35.3 Å². The second-order valence-electron chi connectivity index (χ2n) is 8.99. The zero-order valence-corrected chi connectivity index (χ0v) is 20.4. The van der Waals surface area contributed by atoms with Gasteiger partial charge in [-0.05, 0) is 42.7 Å². The molecule has 0 fully saturated rings. The Labute approximate surface area is 204 Å². The van der Waals surface area contributed by atoms with E-state index in [-0.39, 0.29) is 5.56 Å². The van der Waals surface area contributed by atoms with Crippen molar-refractivity contribution in [3.8, 4) is 5.75 Å². The standard InChI is InChI=1S/C28H31N5O2/c1-3-4-5-6-9-17-32-19-29-26-24(28(32)34)25-27(31-23-11-8-7-10-22(23)30-25)33(26)18-16-20-12-14-21(35-2)15-13-20/h7-8,10-15,19H,3-6,9,16-18H2,1-2H3. The Morgan fingerprint density at radius 2 is 1.60 bits per heavy atom. The highest BCUT2D eigenvalue weighted by Crippen LogP contribution is 2.25. The molecule has 0 spiro atoms. The van der Waals surface area contributed by atoms with Crippen molar-refractivity contribution >= 4 is 33.2 Å². The fourth-order valence-electron chi connectivity index (χ4n) is 4.63. The first-order chi connectivity index (χ1) is 17.2. The van der Waals surface area contributed by atoms with Crippen LogP contribution in [0.3, 0.4) is 0 Å². The third-order valence-electron chi connectivity index (χ3n) is 6.60. The number of unbranched alkanes of at least 4 members (excludes halogenated alkanes) is 4. The van der Waals surface area contributed by atoms with Gasteiger partial charge in [0.1, 0.15) is 16.7 Å². The molecule has 0 amide bonds. The quantitative estimate of drug-likeness (QED) is 0.252. The maximum absolute atomic E-state index is 13.6. The van der Waals surface area contributed by atoms with E-state index in [1.165, 1.54) is 24.8 Å². The van der Waals surface area contributed by atoms with Gasteiger partial charge in [-0.2, -0.15) is 0 Å². The number of aromatic nitrogens is 5. The van der Waals surface area contributed by atoms with Gasteiger partial charge in [-0.25, -0.2) is 15.0 Å². The van der Waals surface area contributed by atoms with Gasteiger partial charge in [-0.3, -0.25) is 9.36 Å². The predicted octanol–water partition coefficient (Wildman–Crippen LogP) is 5.52. The molecule has 3 heterocycles. The number of ether oxygens (including phenoxy) is 1. The topological polar surface area (TPSA) is 74.8 Å². The van der Waals surface area contributed by atoms with Crippen molar-refractivity contribution in [2.24, 2.45) is 0 Å². The summed E-state index contributed by atoms with van der Waals surface area (Å²) in [7, 11) is 1.67. The van der Waals surface area contributed by atoms with E-state index < -0.39 is 0 Å². The maximum Gasteiger partial charge on any atom is 0.265 e. The SMILES string of the molecule is CCCCCCCn1cnc2c(c1=O)c1nc3ccccc3nc1n2CCc1ccc(OC)cc1. The summed E-state index contributed by atoms with van der Waals surface area (Å²) in [5.41, 5.74) is 4.71. The van der Waals surface area contributed by atoms with Crippen LogP contribution >= 0.6 is 0 Å². The van der Waals surface area contributed by atoms with Crippen molar-refractivity contribution in [2.45, 2.75) is 58.5 Å². The first kappa shape index (κ1) is 23.0. The van der Waals surface area contributed by atoms with Crippen LogP contribution in [-0.4, -0.2) is 31.2 Å². The van der Waals surface area contributed by atoms with E-state index in [1.807, 2.05) is 41.0 Å². The molecule has 3 aromatic heterocycles. The number of aryl methyl sites for hydroxylation is 3. The lowest BCUT2D eigenvalue weighted by molar-refractivity contribution is 0.414. The molecule has 0 N–H and O–H groups in total. The van der Waals surface area contributed by atoms with Crippen molar-refractivity contribution in [3.63, 3.8) is 0 Å². The Bertz CT molecular complexity index is 1520. The number of para-hydroxylation sites is 2. The van der Waals surface area contributed by atoms with E-state index in [2.05, 4.69) is 19.1 Å². The Balaban J connectivity index is 1.56. The molecule has 0 radical (unpaired) electrons. The molecule has 5 aromatic rings. The van der Waals surface area contributed by atoms with Crippen molar-refractivity contribution in [1.29, 1.82) is 0 Å². The van der Waals surface area contributed by atoms with E-state index in [0.717, 1.165) is 36.0 Å². The average molecular weight is 470 g/mol. The van der Waals surface area contributed by atoms with Crippen LogP contribution in [0.4, 0.5) is 0 Å². The summed E-state index contributed by atoms with van der Waals surface area (Å²) in [6.07, 6.45) is 8.19. The van der Waals surface area contributed by atoms with Crippen LogP contribution in [0.1, 0.15) is 44.6 Å². The third-order valence-corrected chi connectivity index (χ3v) is 6.60. The Hall–Kier alpha value is -3.74. The van der Waals surface area contributed by atoms with Gasteiger partial charge >= 0.3 is 0 Å². The summed E-state index contributed by atoms with van der Waals surface area (Å²) >= 11 is 0. The summed E-state index contributed by atoms with van der Waals surface area (Å²) in [5, 5.41) is 0.559. The van der Waals surface area contributed by atoms with Gasteiger partial charge in [0.25, 0.3) is 5.56 Å². The molecular formula is C28H31N5O2. The number of fused-ring (bicyclic) bond motifs is 4. The molecule has 0 aliphatic heterocycles. The highest BCUT2D eigenvalue weighted by Gasteiger charge is 2.19. The maximum atomic E-state index is 13.6. The number of nitrogens with zero attached hydrogens (tertiary/aromatic N) is 5. The monoisotopic (exact) mass is 469 g/mol. The molecule has 180 valence electrons. The zero-order valence-electron chi connectivity index (χ0n) is 20.4. The lowest BCUT2D eigenvalue weighted by Crippen LogP contribution is -2.21. The molecular weight excluding hydrogens is 438 g/mol. The normalized spacial score (nSPS) is 11.6. The zero-order chi connectivity index (χ0) is 24.2. The van der Waals surface area contributed by atoms with E-state index in [9.17, 15) is 4.79 Å². The predicted molar refractivity (Wildman–Crippen MR) is 140 cm³/mol. The van der Waals surface area contributed by atoms with Gasteiger partial charge in [0.15, 0.2) is 11.3 Å². The lowest BCUT2D eigenvalue weighted by atomic mass is 10.1. The molecule has 0 aliphatic carbocycles.